The maximum atomic E-state index is 12.1. The molecule has 1 aromatic carbocycles. The minimum atomic E-state index is 0.0627. The van der Waals surface area contributed by atoms with E-state index in [4.69, 9.17) is 4.74 Å². The van der Waals surface area contributed by atoms with Crippen molar-refractivity contribution in [2.24, 2.45) is 0 Å². The predicted octanol–water partition coefficient (Wildman–Crippen LogP) is 0.790. The molecular formula is C17H25N3O2. The van der Waals surface area contributed by atoms with E-state index in [0.29, 0.717) is 19.1 Å². The molecule has 0 saturated carbocycles. The molecule has 2 aliphatic rings. The lowest BCUT2D eigenvalue weighted by Crippen LogP contribution is -2.48. The largest absolute Gasteiger partial charge is 0.488 e. The molecule has 0 spiro atoms. The van der Waals surface area contributed by atoms with Crippen LogP contribution < -0.4 is 15.4 Å². The van der Waals surface area contributed by atoms with E-state index >= 15 is 0 Å². The summed E-state index contributed by atoms with van der Waals surface area (Å²) in [6.45, 7) is 3.03. The summed E-state index contributed by atoms with van der Waals surface area (Å²) >= 11 is 0. The minimum Gasteiger partial charge on any atom is -0.488 e. The number of carbonyl (C=O) groups is 1. The SMILES string of the molecule is CNC1CCCN(CC(=O)NCC2Cc3ccccc3O2)C1. The number of nitrogens with one attached hydrogen (secondary N) is 2. The first-order valence-corrected chi connectivity index (χ1v) is 8.15. The van der Waals surface area contributed by atoms with Crippen LogP contribution in [0.15, 0.2) is 24.3 Å². The fourth-order valence-electron chi connectivity index (χ4n) is 3.29. The Balaban J connectivity index is 1.40. The highest BCUT2D eigenvalue weighted by Crippen LogP contribution is 2.27. The number of amides is 1. The van der Waals surface area contributed by atoms with Gasteiger partial charge in [0.05, 0.1) is 13.1 Å². The Hall–Kier alpha value is -1.59. The van der Waals surface area contributed by atoms with Crippen LogP contribution in [-0.4, -0.2) is 56.2 Å². The standard InChI is InChI=1S/C17H25N3O2/c1-18-14-6-4-8-20(11-14)12-17(21)19-10-15-9-13-5-2-3-7-16(13)22-15/h2-3,5,7,14-15,18H,4,6,8-12H2,1H3,(H,19,21). The van der Waals surface area contributed by atoms with Gasteiger partial charge in [-0.15, -0.1) is 0 Å². The Bertz CT molecular complexity index is 495. The Morgan fingerprint density at radius 2 is 2.27 bits per heavy atom. The monoisotopic (exact) mass is 303 g/mol. The van der Waals surface area contributed by atoms with Crippen molar-refractivity contribution in [1.29, 1.82) is 0 Å². The van der Waals surface area contributed by atoms with Crippen LogP contribution in [0.5, 0.6) is 5.75 Å². The van der Waals surface area contributed by atoms with E-state index in [2.05, 4.69) is 21.6 Å². The van der Waals surface area contributed by atoms with E-state index < -0.39 is 0 Å². The number of likely N-dealkylation sites (tertiary alicyclic amines) is 1. The third-order valence-corrected chi connectivity index (χ3v) is 4.52. The van der Waals surface area contributed by atoms with Gasteiger partial charge in [0.25, 0.3) is 0 Å². The van der Waals surface area contributed by atoms with Gasteiger partial charge in [-0.1, -0.05) is 18.2 Å². The molecule has 120 valence electrons. The maximum absolute atomic E-state index is 12.1. The van der Waals surface area contributed by atoms with Gasteiger partial charge in [0, 0.05) is 19.0 Å². The summed E-state index contributed by atoms with van der Waals surface area (Å²) < 4.78 is 5.84. The number of fused-ring (bicyclic) bond motifs is 1. The topological polar surface area (TPSA) is 53.6 Å². The van der Waals surface area contributed by atoms with Crippen LogP contribution in [0, 0.1) is 0 Å². The molecule has 1 fully saturated rings. The molecule has 0 radical (unpaired) electrons. The third kappa shape index (κ3) is 3.78. The maximum Gasteiger partial charge on any atom is 0.234 e. The van der Waals surface area contributed by atoms with Crippen LogP contribution in [0.2, 0.25) is 0 Å². The van der Waals surface area contributed by atoms with Gasteiger partial charge in [-0.05, 0) is 38.1 Å². The van der Waals surface area contributed by atoms with Crippen LogP contribution in [0.3, 0.4) is 0 Å². The van der Waals surface area contributed by atoms with Crippen LogP contribution in [-0.2, 0) is 11.2 Å². The normalized spacial score (nSPS) is 24.6. The fraction of sp³-hybridized carbons (Fsp3) is 0.588. The summed E-state index contributed by atoms with van der Waals surface area (Å²) in [6, 6.07) is 8.59. The second kappa shape index (κ2) is 7.11. The number of likely N-dealkylation sites (N-methyl/N-ethyl adjacent to an activating group) is 1. The molecule has 0 aromatic heterocycles. The Labute approximate surface area is 132 Å². The van der Waals surface area contributed by atoms with E-state index in [9.17, 15) is 4.79 Å². The highest BCUT2D eigenvalue weighted by atomic mass is 16.5. The average molecular weight is 303 g/mol. The van der Waals surface area contributed by atoms with Crippen molar-refractivity contribution in [3.05, 3.63) is 29.8 Å². The minimum absolute atomic E-state index is 0.0627. The molecule has 2 heterocycles. The van der Waals surface area contributed by atoms with Crippen molar-refractivity contribution in [3.8, 4) is 5.75 Å². The quantitative estimate of drug-likeness (QED) is 0.844. The van der Waals surface area contributed by atoms with Gasteiger partial charge in [-0.2, -0.15) is 0 Å². The molecule has 22 heavy (non-hydrogen) atoms. The third-order valence-electron chi connectivity index (χ3n) is 4.52. The second-order valence-electron chi connectivity index (χ2n) is 6.22. The number of rotatable bonds is 5. The summed E-state index contributed by atoms with van der Waals surface area (Å²) in [4.78, 5) is 14.3. The molecule has 2 N–H and O–H groups in total. The van der Waals surface area contributed by atoms with E-state index in [0.717, 1.165) is 31.7 Å². The van der Waals surface area contributed by atoms with Gasteiger partial charge >= 0.3 is 0 Å². The number of nitrogens with zero attached hydrogens (tertiary/aromatic N) is 1. The zero-order valence-electron chi connectivity index (χ0n) is 13.2. The van der Waals surface area contributed by atoms with Crippen molar-refractivity contribution < 1.29 is 9.53 Å². The number of para-hydroxylation sites is 1. The number of hydrogen-bond acceptors (Lipinski definition) is 4. The van der Waals surface area contributed by atoms with Crippen molar-refractivity contribution in [1.82, 2.24) is 15.5 Å². The fourth-order valence-corrected chi connectivity index (χ4v) is 3.29. The lowest BCUT2D eigenvalue weighted by Gasteiger charge is -2.32. The lowest BCUT2D eigenvalue weighted by atomic mass is 10.1. The Morgan fingerprint density at radius 1 is 1.41 bits per heavy atom. The number of piperidine rings is 1. The van der Waals surface area contributed by atoms with E-state index in [-0.39, 0.29) is 12.0 Å². The summed E-state index contributed by atoms with van der Waals surface area (Å²) in [6.07, 6.45) is 3.29. The zero-order chi connectivity index (χ0) is 15.4. The van der Waals surface area contributed by atoms with Gasteiger partial charge in [0.2, 0.25) is 5.91 Å². The zero-order valence-corrected chi connectivity index (χ0v) is 13.2. The van der Waals surface area contributed by atoms with Crippen LogP contribution in [0.1, 0.15) is 18.4 Å². The van der Waals surface area contributed by atoms with Crippen molar-refractivity contribution in [2.45, 2.75) is 31.4 Å². The van der Waals surface area contributed by atoms with Crippen LogP contribution in [0.4, 0.5) is 0 Å². The molecule has 1 aromatic rings. The molecule has 0 aliphatic carbocycles. The molecule has 3 rings (SSSR count). The molecule has 2 atom stereocenters. The first kappa shape index (κ1) is 15.3. The van der Waals surface area contributed by atoms with E-state index in [1.807, 2.05) is 25.2 Å². The molecule has 2 aliphatic heterocycles. The van der Waals surface area contributed by atoms with Crippen LogP contribution in [0.25, 0.3) is 0 Å². The van der Waals surface area contributed by atoms with Crippen molar-refractivity contribution >= 4 is 5.91 Å². The molecule has 1 amide bonds. The molecule has 5 nitrogen and oxygen atoms in total. The molecule has 1 saturated heterocycles. The molecule has 2 unspecified atom stereocenters. The highest BCUT2D eigenvalue weighted by Gasteiger charge is 2.24. The summed E-state index contributed by atoms with van der Waals surface area (Å²) in [7, 11) is 1.99. The average Bonchev–Trinajstić information content (AvgIpc) is 2.96. The summed E-state index contributed by atoms with van der Waals surface area (Å²) in [5, 5.41) is 6.31. The Morgan fingerprint density at radius 3 is 3.09 bits per heavy atom. The van der Waals surface area contributed by atoms with Crippen LogP contribution >= 0.6 is 0 Å². The molecular weight excluding hydrogens is 278 g/mol. The van der Waals surface area contributed by atoms with Crippen molar-refractivity contribution in [2.75, 3.05) is 33.2 Å². The van der Waals surface area contributed by atoms with Gasteiger partial charge < -0.3 is 15.4 Å². The number of benzene rings is 1. The van der Waals surface area contributed by atoms with E-state index in [1.54, 1.807) is 0 Å². The van der Waals surface area contributed by atoms with Gasteiger partial charge in [-0.25, -0.2) is 0 Å². The smallest absolute Gasteiger partial charge is 0.234 e. The Kier molecular flexibility index (Phi) is 4.95. The molecule has 0 bridgehead atoms. The predicted molar refractivity (Wildman–Crippen MR) is 86.1 cm³/mol. The highest BCUT2D eigenvalue weighted by molar-refractivity contribution is 5.78. The first-order valence-electron chi connectivity index (χ1n) is 8.15. The lowest BCUT2D eigenvalue weighted by molar-refractivity contribution is -0.122. The molecule has 5 heteroatoms. The number of ether oxygens (including phenoxy) is 1. The van der Waals surface area contributed by atoms with Gasteiger partial charge in [0.1, 0.15) is 11.9 Å². The van der Waals surface area contributed by atoms with E-state index in [1.165, 1.54) is 12.0 Å². The number of hydrogen-bond donors (Lipinski definition) is 2. The van der Waals surface area contributed by atoms with Gasteiger partial charge in [0.15, 0.2) is 0 Å². The number of carbonyl (C=O) groups excluding carboxylic acids is 1. The summed E-state index contributed by atoms with van der Waals surface area (Å²) in [5.74, 6) is 1.05. The van der Waals surface area contributed by atoms with Crippen molar-refractivity contribution in [3.63, 3.8) is 0 Å². The van der Waals surface area contributed by atoms with Gasteiger partial charge in [-0.3, -0.25) is 9.69 Å². The first-order chi connectivity index (χ1) is 10.7. The second-order valence-corrected chi connectivity index (χ2v) is 6.22. The summed E-state index contributed by atoms with van der Waals surface area (Å²) in [5.41, 5.74) is 1.23.